The number of benzene rings is 2. The molecule has 0 aliphatic carbocycles. The predicted molar refractivity (Wildman–Crippen MR) is 113 cm³/mol. The molecule has 0 bridgehead atoms. The van der Waals surface area contributed by atoms with E-state index in [0.717, 1.165) is 30.0 Å². The summed E-state index contributed by atoms with van der Waals surface area (Å²) in [6, 6.07) is 15.9. The van der Waals surface area contributed by atoms with Crippen LogP contribution in [0.5, 0.6) is 0 Å². The number of carbonyl (C=O) groups excluding carboxylic acids is 2. The van der Waals surface area contributed by atoms with Crippen molar-refractivity contribution in [3.05, 3.63) is 54.1 Å². The molecule has 2 aromatic carbocycles. The summed E-state index contributed by atoms with van der Waals surface area (Å²) >= 11 is 0. The summed E-state index contributed by atoms with van der Waals surface area (Å²) in [6.07, 6.45) is 4.04. The molecule has 0 spiro atoms. The topological polar surface area (TPSA) is 52.7 Å². The van der Waals surface area contributed by atoms with Crippen LogP contribution in [0.3, 0.4) is 0 Å². The van der Waals surface area contributed by atoms with Gasteiger partial charge >= 0.3 is 0 Å². The molecule has 28 heavy (non-hydrogen) atoms. The summed E-state index contributed by atoms with van der Waals surface area (Å²) in [7, 11) is 0. The third kappa shape index (κ3) is 4.03. The number of anilines is 3. The Labute approximate surface area is 166 Å². The van der Waals surface area contributed by atoms with Gasteiger partial charge in [0.15, 0.2) is 0 Å². The normalized spacial score (nSPS) is 19.8. The first-order chi connectivity index (χ1) is 13.6. The van der Waals surface area contributed by atoms with Gasteiger partial charge in [0.2, 0.25) is 11.8 Å². The van der Waals surface area contributed by atoms with E-state index in [1.807, 2.05) is 43.3 Å². The summed E-state index contributed by atoms with van der Waals surface area (Å²) in [5.41, 5.74) is 4.00. The maximum absolute atomic E-state index is 12.6. The first-order valence-corrected chi connectivity index (χ1v) is 10.1. The highest BCUT2D eigenvalue weighted by molar-refractivity contribution is 6.03. The standard InChI is InChI=1S/C23H27N3O2/c1-17-5-7-19(8-6-17)24-23(28)18-15-22(27)26(16-18)21-11-9-20(10-12-21)25-13-3-2-4-14-25/h5-12,18H,2-4,13-16H2,1H3,(H,24,28). The van der Waals surface area contributed by atoms with Gasteiger partial charge in [0.05, 0.1) is 5.92 Å². The maximum Gasteiger partial charge on any atom is 0.229 e. The van der Waals surface area contributed by atoms with Crippen molar-refractivity contribution in [1.29, 1.82) is 0 Å². The number of carbonyl (C=O) groups is 2. The molecular formula is C23H27N3O2. The fourth-order valence-electron chi connectivity index (χ4n) is 4.01. The summed E-state index contributed by atoms with van der Waals surface area (Å²) < 4.78 is 0. The van der Waals surface area contributed by atoms with Crippen LogP contribution >= 0.6 is 0 Å². The van der Waals surface area contributed by atoms with Crippen molar-refractivity contribution in [1.82, 2.24) is 0 Å². The van der Waals surface area contributed by atoms with E-state index in [4.69, 9.17) is 0 Å². The molecule has 2 saturated heterocycles. The summed E-state index contributed by atoms with van der Waals surface area (Å²) in [6.45, 7) is 4.64. The SMILES string of the molecule is Cc1ccc(NC(=O)C2CC(=O)N(c3ccc(N4CCCCC4)cc3)C2)cc1. The molecular weight excluding hydrogens is 350 g/mol. The van der Waals surface area contributed by atoms with E-state index in [9.17, 15) is 9.59 Å². The van der Waals surface area contributed by atoms with Crippen LogP contribution in [0, 0.1) is 12.8 Å². The van der Waals surface area contributed by atoms with Crippen molar-refractivity contribution in [3.63, 3.8) is 0 Å². The molecule has 1 N–H and O–H groups in total. The van der Waals surface area contributed by atoms with E-state index in [0.29, 0.717) is 6.54 Å². The number of amides is 2. The van der Waals surface area contributed by atoms with Gasteiger partial charge in [0.1, 0.15) is 0 Å². The molecule has 2 amide bonds. The van der Waals surface area contributed by atoms with Crippen LogP contribution in [0.1, 0.15) is 31.2 Å². The zero-order valence-electron chi connectivity index (χ0n) is 16.4. The maximum atomic E-state index is 12.6. The number of hydrogen-bond donors (Lipinski definition) is 1. The van der Waals surface area contributed by atoms with Gasteiger partial charge in [-0.25, -0.2) is 0 Å². The van der Waals surface area contributed by atoms with Crippen molar-refractivity contribution in [2.45, 2.75) is 32.6 Å². The largest absolute Gasteiger partial charge is 0.372 e. The molecule has 2 fully saturated rings. The van der Waals surface area contributed by atoms with Crippen molar-refractivity contribution < 1.29 is 9.59 Å². The van der Waals surface area contributed by atoms with Crippen molar-refractivity contribution >= 4 is 28.9 Å². The second-order valence-electron chi connectivity index (χ2n) is 7.82. The second-order valence-corrected chi connectivity index (χ2v) is 7.82. The van der Waals surface area contributed by atoms with Crippen LogP contribution in [0.2, 0.25) is 0 Å². The lowest BCUT2D eigenvalue weighted by Crippen LogP contribution is -2.30. The van der Waals surface area contributed by atoms with Gasteiger partial charge in [-0.2, -0.15) is 0 Å². The molecule has 0 saturated carbocycles. The van der Waals surface area contributed by atoms with Gasteiger partial charge in [0.25, 0.3) is 0 Å². The van der Waals surface area contributed by atoms with E-state index >= 15 is 0 Å². The van der Waals surface area contributed by atoms with Gasteiger partial charge in [-0.15, -0.1) is 0 Å². The van der Waals surface area contributed by atoms with E-state index in [2.05, 4.69) is 22.3 Å². The molecule has 5 heteroatoms. The summed E-state index contributed by atoms with van der Waals surface area (Å²) in [4.78, 5) is 29.2. The van der Waals surface area contributed by atoms with Crippen molar-refractivity contribution in [2.75, 3.05) is 34.8 Å². The molecule has 1 unspecified atom stereocenters. The van der Waals surface area contributed by atoms with E-state index in [1.165, 1.54) is 24.9 Å². The zero-order valence-corrected chi connectivity index (χ0v) is 16.4. The smallest absolute Gasteiger partial charge is 0.229 e. The molecule has 0 radical (unpaired) electrons. The highest BCUT2D eigenvalue weighted by atomic mass is 16.2. The van der Waals surface area contributed by atoms with Gasteiger partial charge in [-0.1, -0.05) is 17.7 Å². The number of piperidine rings is 1. The zero-order chi connectivity index (χ0) is 19.5. The fourth-order valence-corrected chi connectivity index (χ4v) is 4.01. The van der Waals surface area contributed by atoms with E-state index < -0.39 is 0 Å². The molecule has 2 aliphatic heterocycles. The van der Waals surface area contributed by atoms with Gasteiger partial charge in [0, 0.05) is 43.1 Å². The Kier molecular flexibility index (Phi) is 5.33. The minimum atomic E-state index is -0.324. The molecule has 2 aliphatic rings. The van der Waals surface area contributed by atoms with Crippen LogP contribution in [-0.2, 0) is 9.59 Å². The molecule has 1 atom stereocenters. The lowest BCUT2D eigenvalue weighted by molar-refractivity contribution is -0.122. The predicted octanol–water partition coefficient (Wildman–Crippen LogP) is 3.98. The molecule has 5 nitrogen and oxygen atoms in total. The van der Waals surface area contributed by atoms with Gasteiger partial charge < -0.3 is 15.1 Å². The molecule has 2 heterocycles. The van der Waals surface area contributed by atoms with Crippen molar-refractivity contribution in [2.24, 2.45) is 5.92 Å². The fraction of sp³-hybridized carbons (Fsp3) is 0.391. The van der Waals surface area contributed by atoms with E-state index in [1.54, 1.807) is 4.90 Å². The van der Waals surface area contributed by atoms with Crippen molar-refractivity contribution in [3.8, 4) is 0 Å². The Bertz CT molecular complexity index is 839. The van der Waals surface area contributed by atoms with Gasteiger partial charge in [-0.3, -0.25) is 9.59 Å². The molecule has 0 aromatic heterocycles. The molecule has 4 rings (SSSR count). The third-order valence-electron chi connectivity index (χ3n) is 5.70. The van der Waals surface area contributed by atoms with Crippen LogP contribution in [0.25, 0.3) is 0 Å². The average molecular weight is 377 g/mol. The highest BCUT2D eigenvalue weighted by Crippen LogP contribution is 2.29. The minimum absolute atomic E-state index is 0.00905. The lowest BCUT2D eigenvalue weighted by Gasteiger charge is -2.29. The van der Waals surface area contributed by atoms with Crippen LogP contribution in [-0.4, -0.2) is 31.4 Å². The average Bonchev–Trinajstić information content (AvgIpc) is 3.12. The Hall–Kier alpha value is -2.82. The lowest BCUT2D eigenvalue weighted by atomic mass is 10.1. The Morgan fingerprint density at radius 1 is 0.929 bits per heavy atom. The highest BCUT2D eigenvalue weighted by Gasteiger charge is 2.35. The number of rotatable bonds is 4. The molecule has 2 aromatic rings. The second kappa shape index (κ2) is 8.05. The Balaban J connectivity index is 1.40. The number of aryl methyl sites for hydroxylation is 1. The third-order valence-corrected chi connectivity index (χ3v) is 5.70. The van der Waals surface area contributed by atoms with Crippen LogP contribution in [0.4, 0.5) is 17.1 Å². The van der Waals surface area contributed by atoms with E-state index in [-0.39, 0.29) is 24.2 Å². The number of nitrogens with one attached hydrogen (secondary N) is 1. The van der Waals surface area contributed by atoms with Crippen LogP contribution < -0.4 is 15.1 Å². The first kappa shape index (κ1) is 18.5. The van der Waals surface area contributed by atoms with Gasteiger partial charge in [-0.05, 0) is 62.6 Å². The Morgan fingerprint density at radius 3 is 2.25 bits per heavy atom. The summed E-state index contributed by atoms with van der Waals surface area (Å²) in [5, 5.41) is 2.93. The summed E-state index contributed by atoms with van der Waals surface area (Å²) in [5.74, 6) is -0.407. The number of nitrogens with zero attached hydrogens (tertiary/aromatic N) is 2. The quantitative estimate of drug-likeness (QED) is 0.877. The van der Waals surface area contributed by atoms with Crippen LogP contribution in [0.15, 0.2) is 48.5 Å². The number of hydrogen-bond acceptors (Lipinski definition) is 3. The first-order valence-electron chi connectivity index (χ1n) is 10.1. The Morgan fingerprint density at radius 2 is 1.57 bits per heavy atom. The monoisotopic (exact) mass is 377 g/mol. The molecule has 146 valence electrons. The minimum Gasteiger partial charge on any atom is -0.372 e.